The van der Waals surface area contributed by atoms with E-state index in [1.165, 1.54) is 0 Å². The summed E-state index contributed by atoms with van der Waals surface area (Å²) >= 11 is 0. The summed E-state index contributed by atoms with van der Waals surface area (Å²) in [5.74, 6) is -0.0741. The Morgan fingerprint density at radius 3 is 2.95 bits per heavy atom. The van der Waals surface area contributed by atoms with Gasteiger partial charge in [0.1, 0.15) is 0 Å². The van der Waals surface area contributed by atoms with Crippen LogP contribution in [0.15, 0.2) is 6.20 Å². The normalized spacial score (nSPS) is 16.8. The van der Waals surface area contributed by atoms with E-state index in [1.807, 2.05) is 6.92 Å². The molecule has 0 spiro atoms. The molecule has 1 atom stereocenters. The Morgan fingerprint density at radius 2 is 2.40 bits per heavy atom. The maximum atomic E-state index is 12.5. The van der Waals surface area contributed by atoms with E-state index in [9.17, 15) is 4.79 Å². The highest BCUT2D eigenvalue weighted by molar-refractivity contribution is 5.92. The van der Waals surface area contributed by atoms with Crippen molar-refractivity contribution in [3.8, 4) is 0 Å². The molecule has 1 unspecified atom stereocenters. The van der Waals surface area contributed by atoms with E-state index in [2.05, 4.69) is 22.6 Å². The number of aromatic nitrogens is 3. The molecule has 2 rings (SSSR count). The second-order valence-electron chi connectivity index (χ2n) is 5.14. The number of carbonyl (C=O) groups excluding carboxylic acids is 1. The lowest BCUT2D eigenvalue weighted by Gasteiger charge is -2.28. The van der Waals surface area contributed by atoms with Gasteiger partial charge in [-0.25, -0.2) is 4.68 Å². The molecule has 7 heteroatoms. The molecule has 0 bridgehead atoms. The number of hydrogen-bond acceptors (Lipinski definition) is 5. The first-order valence-corrected chi connectivity index (χ1v) is 7.09. The van der Waals surface area contributed by atoms with Gasteiger partial charge in [-0.2, -0.15) is 0 Å². The molecule has 2 heterocycles. The SMILES string of the molecule is CCC(C)N(CCOC)C(=O)c1cn(C2CNC2)nn1. The van der Waals surface area contributed by atoms with Gasteiger partial charge in [-0.3, -0.25) is 4.79 Å². The van der Waals surface area contributed by atoms with Crippen molar-refractivity contribution < 1.29 is 9.53 Å². The van der Waals surface area contributed by atoms with Crippen LogP contribution in [-0.4, -0.2) is 65.2 Å². The van der Waals surface area contributed by atoms with Gasteiger partial charge in [-0.15, -0.1) is 5.10 Å². The van der Waals surface area contributed by atoms with E-state index >= 15 is 0 Å². The monoisotopic (exact) mass is 281 g/mol. The molecular weight excluding hydrogens is 258 g/mol. The molecule has 1 aliphatic rings. The average molecular weight is 281 g/mol. The lowest BCUT2D eigenvalue weighted by molar-refractivity contribution is 0.0608. The van der Waals surface area contributed by atoms with E-state index in [1.54, 1.807) is 22.9 Å². The van der Waals surface area contributed by atoms with Crippen LogP contribution in [-0.2, 0) is 4.74 Å². The number of nitrogens with one attached hydrogen (secondary N) is 1. The summed E-state index contributed by atoms with van der Waals surface area (Å²) in [6.07, 6.45) is 2.64. The van der Waals surface area contributed by atoms with Crippen LogP contribution in [0.2, 0.25) is 0 Å². The van der Waals surface area contributed by atoms with Crippen molar-refractivity contribution in [2.45, 2.75) is 32.4 Å². The fourth-order valence-electron chi connectivity index (χ4n) is 2.09. The highest BCUT2D eigenvalue weighted by atomic mass is 16.5. The summed E-state index contributed by atoms with van der Waals surface area (Å²) in [7, 11) is 1.64. The molecular formula is C13H23N5O2. The first-order chi connectivity index (χ1) is 9.67. The third-order valence-corrected chi connectivity index (χ3v) is 3.78. The Kier molecular flexibility index (Phi) is 5.08. The largest absolute Gasteiger partial charge is 0.383 e. The highest BCUT2D eigenvalue weighted by Crippen LogP contribution is 2.13. The van der Waals surface area contributed by atoms with E-state index in [0.717, 1.165) is 19.5 Å². The topological polar surface area (TPSA) is 72.3 Å². The standard InChI is InChI=1S/C13H23N5O2/c1-4-10(2)17(5-6-20-3)13(19)12-9-18(16-15-12)11-7-14-8-11/h9-11,14H,4-8H2,1-3H3. The summed E-state index contributed by atoms with van der Waals surface area (Å²) in [6, 6.07) is 0.480. The third kappa shape index (κ3) is 3.16. The maximum Gasteiger partial charge on any atom is 0.276 e. The van der Waals surface area contributed by atoms with Gasteiger partial charge in [0.05, 0.1) is 18.8 Å². The van der Waals surface area contributed by atoms with E-state index < -0.39 is 0 Å². The number of nitrogens with zero attached hydrogens (tertiary/aromatic N) is 4. The molecule has 112 valence electrons. The fraction of sp³-hybridized carbons (Fsp3) is 0.769. The Balaban J connectivity index is 2.07. The molecule has 20 heavy (non-hydrogen) atoms. The third-order valence-electron chi connectivity index (χ3n) is 3.78. The zero-order chi connectivity index (χ0) is 14.5. The number of amides is 1. The van der Waals surface area contributed by atoms with Crippen LogP contribution < -0.4 is 5.32 Å². The summed E-state index contributed by atoms with van der Waals surface area (Å²) in [5.41, 5.74) is 0.410. The van der Waals surface area contributed by atoms with Gasteiger partial charge in [-0.1, -0.05) is 12.1 Å². The van der Waals surface area contributed by atoms with Crippen molar-refractivity contribution in [2.75, 3.05) is 33.4 Å². The Morgan fingerprint density at radius 1 is 1.65 bits per heavy atom. The van der Waals surface area contributed by atoms with E-state index in [-0.39, 0.29) is 11.9 Å². The van der Waals surface area contributed by atoms with Crippen LogP contribution in [0.1, 0.15) is 36.8 Å². The lowest BCUT2D eigenvalue weighted by Crippen LogP contribution is -2.43. The summed E-state index contributed by atoms with van der Waals surface area (Å²) in [4.78, 5) is 14.3. The Bertz CT molecular complexity index is 444. The van der Waals surface area contributed by atoms with Crippen molar-refractivity contribution in [3.63, 3.8) is 0 Å². The quantitative estimate of drug-likeness (QED) is 0.779. The first-order valence-electron chi connectivity index (χ1n) is 7.09. The molecule has 0 aromatic carbocycles. The van der Waals surface area contributed by atoms with Gasteiger partial charge in [-0.05, 0) is 13.3 Å². The van der Waals surface area contributed by atoms with E-state index in [0.29, 0.717) is 24.9 Å². The van der Waals surface area contributed by atoms with Crippen molar-refractivity contribution in [1.29, 1.82) is 0 Å². The number of carbonyl (C=O) groups is 1. The van der Waals surface area contributed by atoms with Gasteiger partial charge >= 0.3 is 0 Å². The molecule has 0 aliphatic carbocycles. The number of rotatable bonds is 7. The van der Waals surface area contributed by atoms with Crippen molar-refractivity contribution >= 4 is 5.91 Å². The second kappa shape index (κ2) is 6.81. The molecule has 1 aliphatic heterocycles. The van der Waals surface area contributed by atoms with Crippen LogP contribution in [0, 0.1) is 0 Å². The minimum atomic E-state index is -0.0741. The molecule has 1 N–H and O–H groups in total. The molecule has 7 nitrogen and oxygen atoms in total. The van der Waals surface area contributed by atoms with Gasteiger partial charge in [0.25, 0.3) is 5.91 Å². The predicted octanol–water partition coefficient (Wildman–Crippen LogP) is 0.310. The minimum Gasteiger partial charge on any atom is -0.383 e. The number of ether oxygens (including phenoxy) is 1. The van der Waals surface area contributed by atoms with Crippen LogP contribution >= 0.6 is 0 Å². The molecule has 1 aromatic rings. The molecule has 0 saturated carbocycles. The Hall–Kier alpha value is -1.47. The van der Waals surface area contributed by atoms with Crippen molar-refractivity contribution in [2.24, 2.45) is 0 Å². The first kappa shape index (κ1) is 14.9. The molecule has 1 amide bonds. The Labute approximate surface area is 119 Å². The van der Waals surface area contributed by atoms with Gasteiger partial charge in [0.2, 0.25) is 0 Å². The summed E-state index contributed by atoms with van der Waals surface area (Å²) < 4.78 is 6.85. The molecule has 0 radical (unpaired) electrons. The zero-order valence-electron chi connectivity index (χ0n) is 12.4. The second-order valence-corrected chi connectivity index (χ2v) is 5.14. The zero-order valence-corrected chi connectivity index (χ0v) is 12.4. The van der Waals surface area contributed by atoms with Gasteiger partial charge in [0, 0.05) is 32.8 Å². The number of methoxy groups -OCH3 is 1. The van der Waals surface area contributed by atoms with Gasteiger partial charge in [0.15, 0.2) is 5.69 Å². The van der Waals surface area contributed by atoms with Crippen molar-refractivity contribution in [3.05, 3.63) is 11.9 Å². The smallest absolute Gasteiger partial charge is 0.276 e. The molecule has 1 fully saturated rings. The fourth-order valence-corrected chi connectivity index (χ4v) is 2.09. The average Bonchev–Trinajstić information content (AvgIpc) is 2.85. The van der Waals surface area contributed by atoms with Crippen LogP contribution in [0.4, 0.5) is 0 Å². The van der Waals surface area contributed by atoms with E-state index in [4.69, 9.17) is 4.74 Å². The van der Waals surface area contributed by atoms with Crippen LogP contribution in [0.3, 0.4) is 0 Å². The maximum absolute atomic E-state index is 12.5. The lowest BCUT2D eigenvalue weighted by atomic mass is 10.2. The van der Waals surface area contributed by atoms with Crippen molar-refractivity contribution in [1.82, 2.24) is 25.2 Å². The molecule has 1 aromatic heterocycles. The number of hydrogen-bond donors (Lipinski definition) is 1. The summed E-state index contributed by atoms with van der Waals surface area (Å²) in [6.45, 7) is 6.97. The van der Waals surface area contributed by atoms with Crippen LogP contribution in [0.5, 0.6) is 0 Å². The van der Waals surface area contributed by atoms with Crippen LogP contribution in [0.25, 0.3) is 0 Å². The van der Waals surface area contributed by atoms with Gasteiger partial charge < -0.3 is 15.0 Å². The molecule has 1 saturated heterocycles. The summed E-state index contributed by atoms with van der Waals surface area (Å²) in [5, 5.41) is 11.2. The minimum absolute atomic E-state index is 0.0741. The predicted molar refractivity (Wildman–Crippen MR) is 74.6 cm³/mol. The highest BCUT2D eigenvalue weighted by Gasteiger charge is 2.25.